The second kappa shape index (κ2) is 7.43. The summed E-state index contributed by atoms with van der Waals surface area (Å²) < 4.78 is 0. The summed E-state index contributed by atoms with van der Waals surface area (Å²) in [7, 11) is 0. The van der Waals surface area contributed by atoms with E-state index < -0.39 is 0 Å². The SMILES string of the molecule is Cc1cccc(Cc2nc3ccccc3nc2Nc2cccc(C)c2C)c1C. The molecule has 0 fully saturated rings. The van der Waals surface area contributed by atoms with Crippen LogP contribution < -0.4 is 5.32 Å². The molecule has 0 saturated heterocycles. The lowest BCUT2D eigenvalue weighted by Gasteiger charge is -2.16. The number of aryl methyl sites for hydroxylation is 2. The predicted molar refractivity (Wildman–Crippen MR) is 117 cm³/mol. The van der Waals surface area contributed by atoms with Crippen molar-refractivity contribution < 1.29 is 0 Å². The van der Waals surface area contributed by atoms with E-state index in [2.05, 4.69) is 69.4 Å². The monoisotopic (exact) mass is 367 g/mol. The van der Waals surface area contributed by atoms with E-state index in [0.717, 1.165) is 34.7 Å². The molecule has 0 aliphatic rings. The third-order valence-corrected chi connectivity index (χ3v) is 5.58. The number of fused-ring (bicyclic) bond motifs is 1. The summed E-state index contributed by atoms with van der Waals surface area (Å²) in [5.74, 6) is 0.827. The summed E-state index contributed by atoms with van der Waals surface area (Å²) >= 11 is 0. The van der Waals surface area contributed by atoms with Crippen molar-refractivity contribution in [3.8, 4) is 0 Å². The summed E-state index contributed by atoms with van der Waals surface area (Å²) in [5, 5.41) is 3.55. The molecule has 3 nitrogen and oxygen atoms in total. The molecule has 1 heterocycles. The number of nitrogens with one attached hydrogen (secondary N) is 1. The minimum Gasteiger partial charge on any atom is -0.338 e. The maximum atomic E-state index is 4.96. The van der Waals surface area contributed by atoms with Crippen molar-refractivity contribution in [2.24, 2.45) is 0 Å². The fourth-order valence-electron chi connectivity index (χ4n) is 3.46. The lowest BCUT2D eigenvalue weighted by molar-refractivity contribution is 1.05. The van der Waals surface area contributed by atoms with E-state index in [0.29, 0.717) is 0 Å². The molecule has 140 valence electrons. The largest absolute Gasteiger partial charge is 0.338 e. The first-order valence-corrected chi connectivity index (χ1v) is 9.67. The molecule has 0 atom stereocenters. The van der Waals surface area contributed by atoms with Crippen molar-refractivity contribution >= 4 is 22.5 Å². The maximum absolute atomic E-state index is 4.96. The minimum atomic E-state index is 0.749. The Hall–Kier alpha value is -3.20. The van der Waals surface area contributed by atoms with E-state index in [-0.39, 0.29) is 0 Å². The Labute approximate surface area is 166 Å². The third-order valence-electron chi connectivity index (χ3n) is 5.58. The highest BCUT2D eigenvalue weighted by Crippen LogP contribution is 2.27. The highest BCUT2D eigenvalue weighted by Gasteiger charge is 2.13. The number of hydrogen-bond acceptors (Lipinski definition) is 3. The van der Waals surface area contributed by atoms with Crippen molar-refractivity contribution in [2.45, 2.75) is 34.1 Å². The zero-order valence-corrected chi connectivity index (χ0v) is 16.9. The molecule has 1 aromatic heterocycles. The molecule has 3 heteroatoms. The maximum Gasteiger partial charge on any atom is 0.153 e. The number of rotatable bonds is 4. The summed E-state index contributed by atoms with van der Waals surface area (Å²) in [5.41, 5.74) is 10.3. The number of anilines is 2. The van der Waals surface area contributed by atoms with Gasteiger partial charge in [-0.25, -0.2) is 9.97 Å². The molecular formula is C25H25N3. The Bertz CT molecular complexity index is 1070. The van der Waals surface area contributed by atoms with Gasteiger partial charge in [-0.15, -0.1) is 0 Å². The van der Waals surface area contributed by atoms with Crippen molar-refractivity contribution in [1.29, 1.82) is 0 Å². The molecular weight excluding hydrogens is 342 g/mol. The molecule has 4 rings (SSSR count). The molecule has 3 aromatic carbocycles. The molecule has 0 unspecified atom stereocenters. The van der Waals surface area contributed by atoms with E-state index in [1.807, 2.05) is 24.3 Å². The average molecular weight is 367 g/mol. The molecule has 4 aromatic rings. The molecule has 0 spiro atoms. The Kier molecular flexibility index (Phi) is 4.82. The fourth-order valence-corrected chi connectivity index (χ4v) is 3.46. The molecule has 0 radical (unpaired) electrons. The molecule has 0 amide bonds. The lowest BCUT2D eigenvalue weighted by Crippen LogP contribution is -2.06. The summed E-state index contributed by atoms with van der Waals surface area (Å²) in [6.07, 6.45) is 0.749. The van der Waals surface area contributed by atoms with E-state index in [4.69, 9.17) is 9.97 Å². The lowest BCUT2D eigenvalue weighted by atomic mass is 9.99. The van der Waals surface area contributed by atoms with Gasteiger partial charge in [-0.2, -0.15) is 0 Å². The minimum absolute atomic E-state index is 0.749. The van der Waals surface area contributed by atoms with Gasteiger partial charge >= 0.3 is 0 Å². The molecule has 0 aliphatic heterocycles. The van der Waals surface area contributed by atoms with Crippen LogP contribution in [0.15, 0.2) is 60.7 Å². The summed E-state index contributed by atoms with van der Waals surface area (Å²) in [4.78, 5) is 9.88. The van der Waals surface area contributed by atoms with E-state index in [1.165, 1.54) is 27.8 Å². The van der Waals surface area contributed by atoms with Crippen LogP contribution in [0.4, 0.5) is 11.5 Å². The number of hydrogen-bond donors (Lipinski definition) is 1. The van der Waals surface area contributed by atoms with Crippen molar-refractivity contribution in [3.63, 3.8) is 0 Å². The van der Waals surface area contributed by atoms with Crippen LogP contribution in [0.1, 0.15) is 33.5 Å². The Morgan fingerprint density at radius 3 is 2.07 bits per heavy atom. The van der Waals surface area contributed by atoms with E-state index in [1.54, 1.807) is 0 Å². The molecule has 28 heavy (non-hydrogen) atoms. The topological polar surface area (TPSA) is 37.8 Å². The highest BCUT2D eigenvalue weighted by atomic mass is 15.0. The van der Waals surface area contributed by atoms with Gasteiger partial charge in [0.2, 0.25) is 0 Å². The van der Waals surface area contributed by atoms with Gasteiger partial charge in [-0.1, -0.05) is 42.5 Å². The van der Waals surface area contributed by atoms with Crippen LogP contribution in [0, 0.1) is 27.7 Å². The summed E-state index contributed by atoms with van der Waals surface area (Å²) in [6, 6.07) is 20.8. The second-order valence-electron chi connectivity index (χ2n) is 7.42. The van der Waals surface area contributed by atoms with Crippen LogP contribution in [0.3, 0.4) is 0 Å². The van der Waals surface area contributed by atoms with Gasteiger partial charge in [0.05, 0.1) is 16.7 Å². The first-order valence-electron chi connectivity index (χ1n) is 9.67. The van der Waals surface area contributed by atoms with Gasteiger partial charge in [-0.3, -0.25) is 0 Å². The van der Waals surface area contributed by atoms with Gasteiger partial charge in [-0.05, 0) is 73.7 Å². The molecule has 0 aliphatic carbocycles. The van der Waals surface area contributed by atoms with E-state index >= 15 is 0 Å². The van der Waals surface area contributed by atoms with Crippen LogP contribution in [-0.2, 0) is 6.42 Å². The molecule has 0 bridgehead atoms. The van der Waals surface area contributed by atoms with Crippen molar-refractivity contribution in [3.05, 3.63) is 94.2 Å². The van der Waals surface area contributed by atoms with Gasteiger partial charge in [0.25, 0.3) is 0 Å². The Balaban J connectivity index is 1.82. The third kappa shape index (κ3) is 3.48. The van der Waals surface area contributed by atoms with Crippen molar-refractivity contribution in [2.75, 3.05) is 5.32 Å². The second-order valence-corrected chi connectivity index (χ2v) is 7.42. The first kappa shape index (κ1) is 18.2. The number of nitrogens with zero attached hydrogens (tertiary/aromatic N) is 2. The number of benzene rings is 3. The Morgan fingerprint density at radius 1 is 0.679 bits per heavy atom. The van der Waals surface area contributed by atoms with Crippen molar-refractivity contribution in [1.82, 2.24) is 9.97 Å². The van der Waals surface area contributed by atoms with E-state index in [9.17, 15) is 0 Å². The predicted octanol–water partition coefficient (Wildman–Crippen LogP) is 6.20. The van der Waals surface area contributed by atoms with Gasteiger partial charge in [0.15, 0.2) is 5.82 Å². The van der Waals surface area contributed by atoms with Gasteiger partial charge in [0.1, 0.15) is 0 Å². The van der Waals surface area contributed by atoms with Crippen LogP contribution in [0.2, 0.25) is 0 Å². The van der Waals surface area contributed by atoms with Crippen LogP contribution in [0.5, 0.6) is 0 Å². The van der Waals surface area contributed by atoms with Gasteiger partial charge in [0, 0.05) is 12.1 Å². The molecule has 1 N–H and O–H groups in total. The average Bonchev–Trinajstić information content (AvgIpc) is 2.69. The fraction of sp³-hybridized carbons (Fsp3) is 0.200. The van der Waals surface area contributed by atoms with Crippen LogP contribution in [-0.4, -0.2) is 9.97 Å². The standard InChI is InChI=1S/C25H25N3/c1-16-9-7-11-20(18(16)3)15-24-25(27-21-14-8-10-17(2)19(21)4)28-23-13-6-5-12-22(23)26-24/h5-14H,15H2,1-4H3,(H,27,28). The molecule has 0 saturated carbocycles. The quantitative estimate of drug-likeness (QED) is 0.467. The van der Waals surface area contributed by atoms with Crippen LogP contribution in [0.25, 0.3) is 11.0 Å². The Morgan fingerprint density at radius 2 is 1.32 bits per heavy atom. The van der Waals surface area contributed by atoms with Gasteiger partial charge < -0.3 is 5.32 Å². The smallest absolute Gasteiger partial charge is 0.153 e. The summed E-state index contributed by atoms with van der Waals surface area (Å²) in [6.45, 7) is 8.59. The zero-order chi connectivity index (χ0) is 19.7. The number of para-hydroxylation sites is 2. The first-order chi connectivity index (χ1) is 13.5. The highest BCUT2D eigenvalue weighted by molar-refractivity contribution is 5.78. The zero-order valence-electron chi connectivity index (χ0n) is 16.9. The number of aromatic nitrogens is 2. The van der Waals surface area contributed by atoms with Crippen LogP contribution >= 0.6 is 0 Å². The normalized spacial score (nSPS) is 11.0.